The summed E-state index contributed by atoms with van der Waals surface area (Å²) < 4.78 is 20.7. The van der Waals surface area contributed by atoms with Gasteiger partial charge in [-0.3, -0.25) is 9.78 Å². The van der Waals surface area contributed by atoms with Crippen molar-refractivity contribution >= 4 is 39.6 Å². The first-order chi connectivity index (χ1) is 21.3. The number of aromatic nitrogens is 4. The van der Waals surface area contributed by atoms with Crippen LogP contribution in [0.15, 0.2) is 79.4 Å². The third kappa shape index (κ3) is 5.85. The lowest BCUT2D eigenvalue weighted by molar-refractivity contribution is -0.114. The van der Waals surface area contributed by atoms with Crippen LogP contribution in [0.3, 0.4) is 0 Å². The number of methoxy groups -OCH3 is 1. The molecule has 6 rings (SSSR count). The molecule has 9 nitrogen and oxygen atoms in total. The van der Waals surface area contributed by atoms with Gasteiger partial charge in [-0.05, 0) is 47.9 Å². The maximum Gasteiger partial charge on any atom is 0.283 e. The van der Waals surface area contributed by atoms with E-state index in [2.05, 4.69) is 54.2 Å². The number of carbonyl (C=O) groups is 1. The van der Waals surface area contributed by atoms with Gasteiger partial charge in [0.15, 0.2) is 11.5 Å². The maximum atomic E-state index is 13.2. The van der Waals surface area contributed by atoms with E-state index in [4.69, 9.17) is 19.8 Å². The predicted octanol–water partition coefficient (Wildman–Crippen LogP) is 6.72. The number of rotatable bonds is 9. The highest BCUT2D eigenvalue weighted by Crippen LogP contribution is 2.32. The smallest absolute Gasteiger partial charge is 0.283 e. The zero-order valence-electron chi connectivity index (χ0n) is 25.2. The first-order valence-electron chi connectivity index (χ1n) is 14.9. The number of benzene rings is 2. The molecule has 5 aromatic rings. The Hall–Kier alpha value is -4.83. The highest BCUT2D eigenvalue weighted by Gasteiger charge is 2.22. The van der Waals surface area contributed by atoms with Gasteiger partial charge in [0, 0.05) is 61.2 Å². The highest BCUT2D eigenvalue weighted by atomic mass is 19.1. The van der Waals surface area contributed by atoms with Gasteiger partial charge in [-0.2, -0.15) is 9.61 Å². The molecular weight excluding hydrogens is 557 g/mol. The zero-order valence-corrected chi connectivity index (χ0v) is 25.2. The monoisotopic (exact) mass is 593 g/mol. The van der Waals surface area contributed by atoms with Crippen LogP contribution in [0.1, 0.15) is 43.7 Å². The van der Waals surface area contributed by atoms with E-state index >= 15 is 0 Å². The fraction of sp³-hybridized carbons (Fsp3) is 0.294. The SMILES string of the molecule is C=C(F)C(=O)Nc1ccc2c(-c3ccccc3CNc3cc(N4CCC(OC)CC4)nc4c(C(C)C)cnn34)nccc2c1. The van der Waals surface area contributed by atoms with Gasteiger partial charge >= 0.3 is 0 Å². The molecule has 2 aromatic carbocycles. The summed E-state index contributed by atoms with van der Waals surface area (Å²) in [6.45, 7) is 9.68. The van der Waals surface area contributed by atoms with Crippen LogP contribution in [0, 0.1) is 0 Å². The lowest BCUT2D eigenvalue weighted by Crippen LogP contribution is -2.37. The van der Waals surface area contributed by atoms with Crippen LogP contribution in [-0.4, -0.2) is 51.8 Å². The first kappa shape index (κ1) is 29.3. The molecule has 1 saturated heterocycles. The largest absolute Gasteiger partial charge is 0.381 e. The molecule has 3 aromatic heterocycles. The van der Waals surface area contributed by atoms with Crippen molar-refractivity contribution in [3.8, 4) is 11.3 Å². The number of carbonyl (C=O) groups excluding carboxylic acids is 1. The minimum atomic E-state index is -1.04. The van der Waals surface area contributed by atoms with Crippen molar-refractivity contribution in [3.63, 3.8) is 0 Å². The van der Waals surface area contributed by atoms with Gasteiger partial charge in [-0.15, -0.1) is 0 Å². The molecule has 10 heteroatoms. The summed E-state index contributed by atoms with van der Waals surface area (Å²) in [5.74, 6) is 0.180. The second kappa shape index (κ2) is 12.4. The summed E-state index contributed by atoms with van der Waals surface area (Å²) >= 11 is 0. The van der Waals surface area contributed by atoms with Crippen molar-refractivity contribution in [1.82, 2.24) is 19.6 Å². The van der Waals surface area contributed by atoms with Crippen molar-refractivity contribution in [2.45, 2.75) is 45.3 Å². The molecule has 0 radical (unpaired) electrons. The van der Waals surface area contributed by atoms with Gasteiger partial charge in [0.2, 0.25) is 0 Å². The summed E-state index contributed by atoms with van der Waals surface area (Å²) in [6.07, 6.45) is 5.87. The summed E-state index contributed by atoms with van der Waals surface area (Å²) in [5, 5.41) is 12.7. The average Bonchev–Trinajstić information content (AvgIpc) is 3.48. The van der Waals surface area contributed by atoms with E-state index in [1.165, 1.54) is 0 Å². The number of piperidine rings is 1. The Morgan fingerprint density at radius 3 is 2.68 bits per heavy atom. The number of hydrogen-bond acceptors (Lipinski definition) is 7. The topological polar surface area (TPSA) is 96.7 Å². The number of nitrogens with zero attached hydrogens (tertiary/aromatic N) is 5. The van der Waals surface area contributed by atoms with Gasteiger partial charge < -0.3 is 20.3 Å². The molecule has 1 aliphatic rings. The number of amides is 1. The van der Waals surface area contributed by atoms with E-state index < -0.39 is 11.7 Å². The van der Waals surface area contributed by atoms with Crippen molar-refractivity contribution in [1.29, 1.82) is 0 Å². The van der Waals surface area contributed by atoms with Gasteiger partial charge in [0.05, 0.1) is 18.0 Å². The van der Waals surface area contributed by atoms with E-state index in [1.54, 1.807) is 25.4 Å². The van der Waals surface area contributed by atoms with E-state index in [0.717, 1.165) is 76.4 Å². The predicted molar refractivity (Wildman–Crippen MR) is 173 cm³/mol. The van der Waals surface area contributed by atoms with E-state index in [-0.39, 0.29) is 12.0 Å². The van der Waals surface area contributed by atoms with E-state index in [9.17, 15) is 9.18 Å². The molecule has 2 N–H and O–H groups in total. The molecule has 0 unspecified atom stereocenters. The van der Waals surface area contributed by atoms with E-state index in [0.29, 0.717) is 12.2 Å². The normalized spacial score (nSPS) is 14.0. The zero-order chi connectivity index (χ0) is 30.8. The van der Waals surface area contributed by atoms with Crippen molar-refractivity contribution < 1.29 is 13.9 Å². The summed E-state index contributed by atoms with van der Waals surface area (Å²) in [4.78, 5) is 23.9. The molecule has 44 heavy (non-hydrogen) atoms. The van der Waals surface area contributed by atoms with Crippen molar-refractivity contribution in [2.75, 3.05) is 35.7 Å². The maximum absolute atomic E-state index is 13.2. The minimum Gasteiger partial charge on any atom is -0.381 e. The number of nitrogens with one attached hydrogen (secondary N) is 2. The van der Waals surface area contributed by atoms with Crippen LogP contribution in [0.5, 0.6) is 0 Å². The Morgan fingerprint density at radius 1 is 1.14 bits per heavy atom. The van der Waals surface area contributed by atoms with Gasteiger partial charge in [0.1, 0.15) is 11.6 Å². The number of pyridine rings is 1. The lowest BCUT2D eigenvalue weighted by Gasteiger charge is -2.32. The number of anilines is 3. The van der Waals surface area contributed by atoms with Crippen LogP contribution < -0.4 is 15.5 Å². The van der Waals surface area contributed by atoms with Crippen molar-refractivity contribution in [2.24, 2.45) is 0 Å². The quantitative estimate of drug-likeness (QED) is 0.183. The molecule has 4 heterocycles. The molecule has 0 atom stereocenters. The number of fused-ring (bicyclic) bond motifs is 2. The van der Waals surface area contributed by atoms with E-state index in [1.807, 2.05) is 35.0 Å². The second-order valence-electron chi connectivity index (χ2n) is 11.4. The Bertz CT molecular complexity index is 1840. The summed E-state index contributed by atoms with van der Waals surface area (Å²) in [6, 6.07) is 17.5. The van der Waals surface area contributed by atoms with Crippen LogP contribution in [0.2, 0.25) is 0 Å². The molecule has 0 spiro atoms. The molecule has 1 fully saturated rings. The second-order valence-corrected chi connectivity index (χ2v) is 11.4. The van der Waals surface area contributed by atoms with Crippen LogP contribution in [0.25, 0.3) is 27.7 Å². The average molecular weight is 594 g/mol. The molecule has 0 saturated carbocycles. The molecule has 0 bridgehead atoms. The molecule has 226 valence electrons. The number of ether oxygens (including phenoxy) is 1. The first-order valence-corrected chi connectivity index (χ1v) is 14.9. The summed E-state index contributed by atoms with van der Waals surface area (Å²) in [5.41, 5.74) is 5.30. The molecular formula is C34H36FN7O2. The Kier molecular flexibility index (Phi) is 8.25. The van der Waals surface area contributed by atoms with Crippen LogP contribution in [-0.2, 0) is 16.1 Å². The van der Waals surface area contributed by atoms with Gasteiger partial charge in [-0.25, -0.2) is 9.37 Å². The summed E-state index contributed by atoms with van der Waals surface area (Å²) in [7, 11) is 1.78. The molecule has 1 amide bonds. The van der Waals surface area contributed by atoms with Crippen LogP contribution in [0.4, 0.5) is 21.7 Å². The minimum absolute atomic E-state index is 0.283. The number of halogens is 1. The van der Waals surface area contributed by atoms with Gasteiger partial charge in [-0.1, -0.05) is 50.8 Å². The standard InChI is InChI=1S/C34H36FN7O2/c1-21(2)29-20-38-42-30(18-31(40-33(29)42)41-15-12-26(44-4)13-16-41)37-19-24-7-5-6-8-27(24)32-28-10-9-25(39-34(43)22(3)35)17-23(28)11-14-36-32/h5-11,14,17-18,20-21,26,37H,3,12-13,15-16,19H2,1-2,4H3,(H,39,43). The Morgan fingerprint density at radius 2 is 1.93 bits per heavy atom. The third-order valence-electron chi connectivity index (χ3n) is 8.21. The fourth-order valence-electron chi connectivity index (χ4n) is 5.74. The Balaban J connectivity index is 1.32. The third-order valence-corrected chi connectivity index (χ3v) is 8.21. The molecule has 0 aliphatic carbocycles. The highest BCUT2D eigenvalue weighted by molar-refractivity contribution is 6.04. The molecule has 1 aliphatic heterocycles. The fourth-order valence-corrected chi connectivity index (χ4v) is 5.74. The van der Waals surface area contributed by atoms with Crippen molar-refractivity contribution in [3.05, 3.63) is 90.5 Å². The van der Waals surface area contributed by atoms with Gasteiger partial charge in [0.25, 0.3) is 5.91 Å². The lowest BCUT2D eigenvalue weighted by atomic mass is 9.99. The Labute approximate surface area is 255 Å². The van der Waals surface area contributed by atoms with Crippen LogP contribution >= 0.6 is 0 Å². The number of hydrogen-bond donors (Lipinski definition) is 2.